The van der Waals surface area contributed by atoms with Crippen LogP contribution < -0.4 is 10.2 Å². The van der Waals surface area contributed by atoms with Crippen molar-refractivity contribution in [2.45, 2.75) is 6.54 Å². The summed E-state index contributed by atoms with van der Waals surface area (Å²) in [5.74, 6) is 1.07. The number of pyridine rings is 1. The van der Waals surface area contributed by atoms with Crippen molar-refractivity contribution in [1.82, 2.24) is 10.3 Å². The Kier molecular flexibility index (Phi) is 2.79. The van der Waals surface area contributed by atoms with Gasteiger partial charge in [-0.25, -0.2) is 4.98 Å². The van der Waals surface area contributed by atoms with Crippen molar-refractivity contribution in [2.24, 2.45) is 0 Å². The van der Waals surface area contributed by atoms with Gasteiger partial charge in [-0.3, -0.25) is 0 Å². The molecule has 1 aromatic heterocycles. The Hall–Kier alpha value is -1.35. The molecule has 74 valence electrons. The van der Waals surface area contributed by atoms with Crippen LogP contribution in [0.1, 0.15) is 5.69 Å². The predicted octanol–water partition coefficient (Wildman–Crippen LogP) is 1.18. The summed E-state index contributed by atoms with van der Waals surface area (Å²) in [5.41, 5.74) is 1.09. The van der Waals surface area contributed by atoms with Crippen LogP contribution in [0.3, 0.4) is 0 Å². The van der Waals surface area contributed by atoms with Crippen molar-refractivity contribution < 1.29 is 0 Å². The lowest BCUT2D eigenvalue weighted by Crippen LogP contribution is -2.20. The number of hydrogen-bond acceptors (Lipinski definition) is 3. The zero-order chi connectivity index (χ0) is 9.80. The first-order valence-electron chi connectivity index (χ1n) is 4.90. The normalized spacial score (nSPS) is 15.1. The lowest BCUT2D eigenvalue weighted by atomic mass is 10.3. The third-order valence-electron chi connectivity index (χ3n) is 2.29. The van der Waals surface area contributed by atoms with E-state index in [-0.39, 0.29) is 0 Å². The van der Waals surface area contributed by atoms with Crippen LogP contribution in [0.2, 0.25) is 0 Å². The topological polar surface area (TPSA) is 28.2 Å². The fourth-order valence-electron chi connectivity index (χ4n) is 1.59. The Labute approximate surface area is 84.5 Å². The van der Waals surface area contributed by atoms with Crippen molar-refractivity contribution in [3.63, 3.8) is 0 Å². The Morgan fingerprint density at radius 2 is 2.14 bits per heavy atom. The van der Waals surface area contributed by atoms with Gasteiger partial charge in [0.1, 0.15) is 5.82 Å². The van der Waals surface area contributed by atoms with Gasteiger partial charge in [0.05, 0.1) is 5.69 Å². The predicted molar refractivity (Wildman–Crippen MR) is 58.4 cm³/mol. The first-order valence-corrected chi connectivity index (χ1v) is 4.90. The average molecular weight is 189 g/mol. The zero-order valence-electron chi connectivity index (χ0n) is 8.40. The van der Waals surface area contributed by atoms with Crippen LogP contribution in [0.25, 0.3) is 0 Å². The smallest absolute Gasteiger partial charge is 0.129 e. The second kappa shape index (κ2) is 4.24. The molecule has 0 saturated carbocycles. The third-order valence-corrected chi connectivity index (χ3v) is 2.29. The molecule has 0 amide bonds. The van der Waals surface area contributed by atoms with Crippen LogP contribution in [-0.2, 0) is 6.54 Å². The molecule has 0 atom stereocenters. The number of anilines is 1. The van der Waals surface area contributed by atoms with Crippen LogP contribution >= 0.6 is 0 Å². The quantitative estimate of drug-likeness (QED) is 0.724. The van der Waals surface area contributed by atoms with E-state index in [4.69, 9.17) is 0 Å². The minimum Gasteiger partial charge on any atom is -0.349 e. The van der Waals surface area contributed by atoms with Crippen LogP contribution in [0, 0.1) is 0 Å². The summed E-state index contributed by atoms with van der Waals surface area (Å²) in [6.07, 6.45) is 4.35. The van der Waals surface area contributed by atoms with Gasteiger partial charge < -0.3 is 10.2 Å². The lowest BCUT2D eigenvalue weighted by Gasteiger charge is -2.16. The standard InChI is InChI=1S/C11H15N3/c1-12-9-10-5-4-6-11(13-10)14-7-2-3-8-14/h2-6,12H,7-9H2,1H3. The Balaban J connectivity index is 2.13. The molecule has 1 aliphatic rings. The molecular formula is C11H15N3. The molecule has 0 fully saturated rings. The molecule has 1 aliphatic heterocycles. The highest BCUT2D eigenvalue weighted by Crippen LogP contribution is 2.13. The summed E-state index contributed by atoms with van der Waals surface area (Å²) in [5, 5.41) is 3.11. The van der Waals surface area contributed by atoms with E-state index in [1.54, 1.807) is 0 Å². The summed E-state index contributed by atoms with van der Waals surface area (Å²) < 4.78 is 0. The van der Waals surface area contributed by atoms with Gasteiger partial charge in [-0.1, -0.05) is 18.2 Å². The van der Waals surface area contributed by atoms with E-state index in [9.17, 15) is 0 Å². The second-order valence-electron chi connectivity index (χ2n) is 3.39. The van der Waals surface area contributed by atoms with Crippen LogP contribution in [0.4, 0.5) is 5.82 Å². The summed E-state index contributed by atoms with van der Waals surface area (Å²) in [7, 11) is 1.94. The molecule has 0 bridgehead atoms. The van der Waals surface area contributed by atoms with E-state index in [2.05, 4.69) is 39.5 Å². The molecule has 0 unspecified atom stereocenters. The molecule has 3 nitrogen and oxygen atoms in total. The zero-order valence-corrected chi connectivity index (χ0v) is 8.40. The highest BCUT2D eigenvalue weighted by Gasteiger charge is 2.08. The Morgan fingerprint density at radius 3 is 2.86 bits per heavy atom. The lowest BCUT2D eigenvalue weighted by molar-refractivity contribution is 0.786. The van der Waals surface area contributed by atoms with Crippen LogP contribution in [-0.4, -0.2) is 25.1 Å². The fraction of sp³-hybridized carbons (Fsp3) is 0.364. The number of nitrogens with zero attached hydrogens (tertiary/aromatic N) is 2. The third kappa shape index (κ3) is 1.93. The van der Waals surface area contributed by atoms with Gasteiger partial charge in [0.15, 0.2) is 0 Å². The van der Waals surface area contributed by atoms with Crippen LogP contribution in [0.15, 0.2) is 30.4 Å². The van der Waals surface area contributed by atoms with Gasteiger partial charge in [-0.05, 0) is 19.2 Å². The molecular weight excluding hydrogens is 174 g/mol. The van der Waals surface area contributed by atoms with Gasteiger partial charge in [-0.2, -0.15) is 0 Å². The molecule has 1 aromatic rings. The van der Waals surface area contributed by atoms with Crippen molar-refractivity contribution >= 4 is 5.82 Å². The first-order chi connectivity index (χ1) is 6.90. The maximum atomic E-state index is 4.57. The van der Waals surface area contributed by atoms with Crippen molar-refractivity contribution in [2.75, 3.05) is 25.0 Å². The average Bonchev–Trinajstić information content (AvgIpc) is 2.71. The molecule has 0 aromatic carbocycles. The maximum Gasteiger partial charge on any atom is 0.129 e. The fourth-order valence-corrected chi connectivity index (χ4v) is 1.59. The molecule has 14 heavy (non-hydrogen) atoms. The van der Waals surface area contributed by atoms with Crippen molar-refractivity contribution in [1.29, 1.82) is 0 Å². The number of aromatic nitrogens is 1. The van der Waals surface area contributed by atoms with E-state index in [0.717, 1.165) is 31.1 Å². The van der Waals surface area contributed by atoms with Crippen molar-refractivity contribution in [3.05, 3.63) is 36.0 Å². The van der Waals surface area contributed by atoms with Crippen molar-refractivity contribution in [3.8, 4) is 0 Å². The highest BCUT2D eigenvalue weighted by atomic mass is 15.2. The molecule has 0 saturated heterocycles. The largest absolute Gasteiger partial charge is 0.349 e. The monoisotopic (exact) mass is 189 g/mol. The van der Waals surface area contributed by atoms with Gasteiger partial charge >= 0.3 is 0 Å². The van der Waals surface area contributed by atoms with Gasteiger partial charge in [0.25, 0.3) is 0 Å². The van der Waals surface area contributed by atoms with E-state index in [1.807, 2.05) is 13.1 Å². The molecule has 0 spiro atoms. The number of hydrogen-bond donors (Lipinski definition) is 1. The second-order valence-corrected chi connectivity index (χ2v) is 3.39. The molecule has 2 heterocycles. The van der Waals surface area contributed by atoms with E-state index in [1.165, 1.54) is 0 Å². The summed E-state index contributed by atoms with van der Waals surface area (Å²) in [6.45, 7) is 2.79. The van der Waals surface area contributed by atoms with Crippen LogP contribution in [0.5, 0.6) is 0 Å². The molecule has 2 rings (SSSR count). The molecule has 1 N–H and O–H groups in total. The number of nitrogens with one attached hydrogen (secondary N) is 1. The van der Waals surface area contributed by atoms with Gasteiger partial charge in [0, 0.05) is 19.6 Å². The Morgan fingerprint density at radius 1 is 1.36 bits per heavy atom. The highest BCUT2D eigenvalue weighted by molar-refractivity contribution is 5.42. The first kappa shape index (κ1) is 9.21. The molecule has 0 aliphatic carbocycles. The number of rotatable bonds is 3. The van der Waals surface area contributed by atoms with Gasteiger partial charge in [-0.15, -0.1) is 0 Å². The molecule has 3 heteroatoms. The maximum absolute atomic E-state index is 4.57. The SMILES string of the molecule is CNCc1cccc(N2CC=CC2)n1. The minimum absolute atomic E-state index is 0.828. The summed E-state index contributed by atoms with van der Waals surface area (Å²) in [6, 6.07) is 6.17. The van der Waals surface area contributed by atoms with E-state index >= 15 is 0 Å². The Bertz CT molecular complexity index is 325. The minimum atomic E-state index is 0.828. The van der Waals surface area contributed by atoms with E-state index < -0.39 is 0 Å². The molecule has 0 radical (unpaired) electrons. The van der Waals surface area contributed by atoms with E-state index in [0.29, 0.717) is 0 Å². The summed E-state index contributed by atoms with van der Waals surface area (Å²) in [4.78, 5) is 6.82. The van der Waals surface area contributed by atoms with Gasteiger partial charge in [0.2, 0.25) is 0 Å². The summed E-state index contributed by atoms with van der Waals surface area (Å²) >= 11 is 0.